The van der Waals surface area contributed by atoms with Crippen LogP contribution in [0.5, 0.6) is 0 Å². The molecule has 0 saturated carbocycles. The van der Waals surface area contributed by atoms with Crippen LogP contribution in [-0.4, -0.2) is 35.9 Å². The second kappa shape index (κ2) is 5.34. The molecule has 2 aromatic heterocycles. The van der Waals surface area contributed by atoms with Gasteiger partial charge in [-0.15, -0.1) is 5.10 Å². The van der Waals surface area contributed by atoms with E-state index >= 15 is 0 Å². The van der Waals surface area contributed by atoms with E-state index in [2.05, 4.69) is 15.2 Å². The van der Waals surface area contributed by atoms with Crippen LogP contribution < -0.4 is 11.4 Å². The van der Waals surface area contributed by atoms with Gasteiger partial charge in [0.25, 0.3) is 0 Å². The van der Waals surface area contributed by atoms with E-state index in [4.69, 9.17) is 5.73 Å². The minimum atomic E-state index is -0.120. The summed E-state index contributed by atoms with van der Waals surface area (Å²) >= 11 is 1.21. The molecule has 0 amide bonds. The SMILES string of the molecule is Cn1c(=O)n(C)c2cc(C(=O)CSc3n[nH]c(N)n3)ccc21. The molecule has 8 nitrogen and oxygen atoms in total. The molecule has 0 aliphatic rings. The number of aromatic nitrogens is 5. The Bertz CT molecular complexity index is 922. The van der Waals surface area contributed by atoms with E-state index in [0.717, 1.165) is 11.0 Å². The number of imidazole rings is 1. The number of nitrogens with zero attached hydrogens (tertiary/aromatic N) is 4. The summed E-state index contributed by atoms with van der Waals surface area (Å²) in [7, 11) is 3.39. The average molecular weight is 318 g/mol. The normalized spacial score (nSPS) is 11.2. The van der Waals surface area contributed by atoms with E-state index < -0.39 is 0 Å². The Kier molecular flexibility index (Phi) is 3.49. The number of nitrogens with two attached hydrogens (primary N) is 1. The summed E-state index contributed by atoms with van der Waals surface area (Å²) in [5, 5.41) is 6.81. The first kappa shape index (κ1) is 14.4. The highest BCUT2D eigenvalue weighted by Gasteiger charge is 2.13. The molecule has 0 spiro atoms. The number of Topliss-reactive ketones (excluding diaryl/α,β-unsaturated/α-hetero) is 1. The topological polar surface area (TPSA) is 112 Å². The van der Waals surface area contributed by atoms with Gasteiger partial charge in [0.2, 0.25) is 11.1 Å². The number of ketones is 1. The molecule has 0 atom stereocenters. The van der Waals surface area contributed by atoms with Crippen LogP contribution in [0.2, 0.25) is 0 Å². The Morgan fingerprint density at radius 1 is 1.32 bits per heavy atom. The van der Waals surface area contributed by atoms with Crippen LogP contribution in [0.25, 0.3) is 11.0 Å². The molecule has 1 aromatic carbocycles. The van der Waals surface area contributed by atoms with Crippen molar-refractivity contribution in [2.45, 2.75) is 5.16 Å². The number of hydrogen-bond acceptors (Lipinski definition) is 6. The zero-order valence-corrected chi connectivity index (χ0v) is 12.8. The molecule has 0 bridgehead atoms. The van der Waals surface area contributed by atoms with Crippen LogP contribution in [0.4, 0.5) is 5.95 Å². The predicted octanol–water partition coefficient (Wildman–Crippen LogP) is 0.552. The first-order chi connectivity index (χ1) is 10.5. The van der Waals surface area contributed by atoms with Gasteiger partial charge in [-0.25, -0.2) is 9.89 Å². The maximum atomic E-state index is 12.3. The number of aromatic amines is 1. The first-order valence-corrected chi connectivity index (χ1v) is 7.45. The lowest BCUT2D eigenvalue weighted by molar-refractivity contribution is 0.102. The summed E-state index contributed by atoms with van der Waals surface area (Å²) in [6.45, 7) is 0. The number of H-pyrrole nitrogens is 1. The van der Waals surface area contributed by atoms with Gasteiger partial charge in [0.15, 0.2) is 5.78 Å². The van der Waals surface area contributed by atoms with Gasteiger partial charge in [-0.05, 0) is 18.2 Å². The molecule has 9 heteroatoms. The van der Waals surface area contributed by atoms with Crippen molar-refractivity contribution in [3.05, 3.63) is 34.2 Å². The van der Waals surface area contributed by atoms with Crippen LogP contribution in [-0.2, 0) is 14.1 Å². The highest BCUT2D eigenvalue weighted by atomic mass is 32.2. The van der Waals surface area contributed by atoms with Gasteiger partial charge in [0, 0.05) is 19.7 Å². The molecule has 22 heavy (non-hydrogen) atoms. The number of nitrogen functional groups attached to an aromatic ring is 1. The second-order valence-electron chi connectivity index (χ2n) is 4.82. The first-order valence-electron chi connectivity index (χ1n) is 6.46. The number of rotatable bonds is 4. The van der Waals surface area contributed by atoms with Crippen molar-refractivity contribution in [1.29, 1.82) is 0 Å². The van der Waals surface area contributed by atoms with E-state index in [1.54, 1.807) is 36.9 Å². The number of carbonyl (C=O) groups excluding carboxylic acids is 1. The molecule has 3 N–H and O–H groups in total. The highest BCUT2D eigenvalue weighted by molar-refractivity contribution is 7.99. The predicted molar refractivity (Wildman–Crippen MR) is 84.0 cm³/mol. The lowest BCUT2D eigenvalue weighted by atomic mass is 10.1. The average Bonchev–Trinajstić information content (AvgIpc) is 3.03. The van der Waals surface area contributed by atoms with E-state index in [-0.39, 0.29) is 23.2 Å². The van der Waals surface area contributed by atoms with E-state index in [0.29, 0.717) is 10.7 Å². The molecule has 3 aromatic rings. The number of nitrogens with one attached hydrogen (secondary N) is 1. The van der Waals surface area contributed by atoms with Crippen molar-refractivity contribution in [1.82, 2.24) is 24.3 Å². The molecule has 3 rings (SSSR count). The van der Waals surface area contributed by atoms with Crippen molar-refractivity contribution < 1.29 is 4.79 Å². The van der Waals surface area contributed by atoms with E-state index in [1.807, 2.05) is 0 Å². The fourth-order valence-corrected chi connectivity index (χ4v) is 2.92. The fourth-order valence-electron chi connectivity index (χ4n) is 2.22. The second-order valence-corrected chi connectivity index (χ2v) is 5.76. The smallest absolute Gasteiger partial charge is 0.328 e. The van der Waals surface area contributed by atoms with Gasteiger partial charge >= 0.3 is 5.69 Å². The molecular formula is C13H14N6O2S. The van der Waals surface area contributed by atoms with Gasteiger partial charge < -0.3 is 5.73 Å². The summed E-state index contributed by atoms with van der Waals surface area (Å²) in [5.41, 5.74) is 7.37. The van der Waals surface area contributed by atoms with Crippen molar-refractivity contribution in [3.8, 4) is 0 Å². The van der Waals surface area contributed by atoms with Gasteiger partial charge in [-0.3, -0.25) is 13.9 Å². The van der Waals surface area contributed by atoms with Crippen molar-refractivity contribution in [2.24, 2.45) is 14.1 Å². The number of benzene rings is 1. The van der Waals surface area contributed by atoms with Crippen LogP contribution in [0.1, 0.15) is 10.4 Å². The number of aryl methyl sites for hydroxylation is 2. The highest BCUT2D eigenvalue weighted by Crippen LogP contribution is 2.18. The maximum Gasteiger partial charge on any atom is 0.328 e. The molecule has 0 radical (unpaired) electrons. The Morgan fingerprint density at radius 2 is 2.05 bits per heavy atom. The molecule has 0 aliphatic heterocycles. The third kappa shape index (κ3) is 2.39. The molecule has 114 valence electrons. The molecule has 2 heterocycles. The third-order valence-corrected chi connectivity index (χ3v) is 4.26. The van der Waals surface area contributed by atoms with Crippen molar-refractivity contribution >= 4 is 34.5 Å². The summed E-state index contributed by atoms with van der Waals surface area (Å²) in [5.74, 6) is 0.353. The third-order valence-electron chi connectivity index (χ3n) is 3.41. The van der Waals surface area contributed by atoms with Gasteiger partial charge in [0.05, 0.1) is 16.8 Å². The zero-order valence-electron chi connectivity index (χ0n) is 12.0. The van der Waals surface area contributed by atoms with Gasteiger partial charge in [-0.2, -0.15) is 4.98 Å². The standard InChI is InChI=1S/C13H14N6O2S/c1-18-8-4-3-7(5-9(8)19(2)13(18)21)10(20)6-22-12-15-11(14)16-17-12/h3-5H,6H2,1-2H3,(H3,14,15,16,17). The quantitative estimate of drug-likeness (QED) is 0.537. The number of hydrogen-bond donors (Lipinski definition) is 2. The minimum Gasteiger partial charge on any atom is -0.368 e. The van der Waals surface area contributed by atoms with Gasteiger partial charge in [-0.1, -0.05) is 11.8 Å². The Hall–Kier alpha value is -2.55. The largest absolute Gasteiger partial charge is 0.368 e. The fraction of sp³-hybridized carbons (Fsp3) is 0.231. The number of carbonyl (C=O) groups is 1. The van der Waals surface area contributed by atoms with Crippen molar-refractivity contribution in [3.63, 3.8) is 0 Å². The molecule has 0 fully saturated rings. The molecule has 0 saturated heterocycles. The number of thioether (sulfide) groups is 1. The molecule has 0 aliphatic carbocycles. The minimum absolute atomic E-state index is 0.0634. The van der Waals surface area contributed by atoms with Gasteiger partial charge in [0.1, 0.15) is 0 Å². The van der Waals surface area contributed by atoms with Crippen LogP contribution in [0.3, 0.4) is 0 Å². The summed E-state index contributed by atoms with van der Waals surface area (Å²) in [6.07, 6.45) is 0. The zero-order chi connectivity index (χ0) is 15.9. The number of fused-ring (bicyclic) bond motifs is 1. The summed E-state index contributed by atoms with van der Waals surface area (Å²) in [6, 6.07) is 5.22. The van der Waals surface area contributed by atoms with Crippen LogP contribution >= 0.6 is 11.8 Å². The molecule has 0 unspecified atom stereocenters. The lowest BCUT2D eigenvalue weighted by Crippen LogP contribution is -2.19. The summed E-state index contributed by atoms with van der Waals surface area (Å²) < 4.78 is 3.07. The summed E-state index contributed by atoms with van der Waals surface area (Å²) in [4.78, 5) is 28.1. The Morgan fingerprint density at radius 3 is 2.73 bits per heavy atom. The Balaban J connectivity index is 1.85. The lowest BCUT2D eigenvalue weighted by Gasteiger charge is -2.01. The monoisotopic (exact) mass is 318 g/mol. The molecular weight excluding hydrogens is 304 g/mol. The number of anilines is 1. The maximum absolute atomic E-state index is 12.3. The Labute approximate surface area is 129 Å². The van der Waals surface area contributed by atoms with Crippen LogP contribution in [0, 0.1) is 0 Å². The van der Waals surface area contributed by atoms with E-state index in [1.165, 1.54) is 16.3 Å². The van der Waals surface area contributed by atoms with Crippen molar-refractivity contribution in [2.75, 3.05) is 11.5 Å². The van der Waals surface area contributed by atoms with E-state index in [9.17, 15) is 9.59 Å². The van der Waals surface area contributed by atoms with Crippen LogP contribution in [0.15, 0.2) is 28.2 Å².